The molecule has 0 radical (unpaired) electrons. The summed E-state index contributed by atoms with van der Waals surface area (Å²) in [6.07, 6.45) is 0.759. The summed E-state index contributed by atoms with van der Waals surface area (Å²) in [7, 11) is 3.05. The molecule has 1 saturated heterocycles. The van der Waals surface area contributed by atoms with Crippen LogP contribution >= 0.6 is 12.4 Å². The molecule has 2 aromatic rings. The lowest BCUT2D eigenvalue weighted by molar-refractivity contribution is -0.142. The topological polar surface area (TPSA) is 163 Å². The minimum Gasteiger partial charge on any atom is -0.497 e. The molecule has 0 unspecified atom stereocenters. The van der Waals surface area contributed by atoms with E-state index in [-0.39, 0.29) is 50.8 Å². The molecular weight excluding hydrogens is 612 g/mol. The number of hydrogen-bond acceptors (Lipinski definition) is 7. The number of methoxy groups -OCH3 is 1. The molecule has 0 aliphatic carbocycles. The Bertz CT molecular complexity index is 1330. The van der Waals surface area contributed by atoms with E-state index in [1.165, 1.54) is 16.8 Å². The number of nitrogens with two attached hydrogens (primary N) is 1. The average Bonchev–Trinajstić information content (AvgIpc) is 3.02. The van der Waals surface area contributed by atoms with E-state index < -0.39 is 53.7 Å². The van der Waals surface area contributed by atoms with Crippen LogP contribution in [0.2, 0.25) is 0 Å². The van der Waals surface area contributed by atoms with E-state index >= 15 is 0 Å². The molecular formula is C33H47ClN6O6. The lowest BCUT2D eigenvalue weighted by Crippen LogP contribution is -2.57. The van der Waals surface area contributed by atoms with Crippen LogP contribution in [0.5, 0.6) is 5.75 Å². The molecule has 1 fully saturated rings. The number of likely N-dealkylation sites (N-methyl/N-ethyl adjacent to an activating group) is 1. The Morgan fingerprint density at radius 3 is 2.22 bits per heavy atom. The third kappa shape index (κ3) is 11.0. The number of halogens is 1. The smallest absolute Gasteiger partial charge is 0.245 e. The van der Waals surface area contributed by atoms with Crippen molar-refractivity contribution in [2.45, 2.75) is 64.2 Å². The predicted molar refractivity (Wildman–Crippen MR) is 177 cm³/mol. The molecule has 13 heteroatoms. The number of carbonyl (C=O) groups is 5. The Balaban J connectivity index is 0.00000736. The van der Waals surface area contributed by atoms with Crippen molar-refractivity contribution < 1.29 is 28.7 Å². The summed E-state index contributed by atoms with van der Waals surface area (Å²) in [6, 6.07) is 12.7. The van der Waals surface area contributed by atoms with E-state index in [9.17, 15) is 24.0 Å². The minimum atomic E-state index is -0.964. The number of carbonyl (C=O) groups excluding carboxylic acids is 5. The van der Waals surface area contributed by atoms with Gasteiger partial charge in [-0.1, -0.05) is 56.3 Å². The van der Waals surface area contributed by atoms with Gasteiger partial charge >= 0.3 is 0 Å². The van der Waals surface area contributed by atoms with Crippen molar-refractivity contribution in [1.82, 2.24) is 25.8 Å². The van der Waals surface area contributed by atoms with Crippen LogP contribution in [-0.4, -0.2) is 97.3 Å². The third-order valence-corrected chi connectivity index (χ3v) is 7.82. The molecule has 0 bridgehead atoms. The highest BCUT2D eigenvalue weighted by atomic mass is 35.5. The molecule has 2 aromatic carbocycles. The van der Waals surface area contributed by atoms with Crippen LogP contribution in [-0.2, 0) is 36.8 Å². The first-order chi connectivity index (χ1) is 21.4. The Hall–Kier alpha value is -4.16. The number of hydrogen-bond donors (Lipinski definition) is 4. The standard InChI is InChI=1S/C33H46N6O6.ClH/c1-21(2)17-28-33(44)38(4)22(3)30(41)37-27(19-23-9-7-6-8-10-23)31(42)35-15-16-39(20-29(40)36-28)32(43)26(34)18-24-11-13-25(45-5)14-12-24;/h6-14,21-22,26-28H,15-20,34H2,1-5H3,(H,35,42)(H,36,40)(H,37,41);1H/t22-,26-,27-,28-;/m0./s1. The molecule has 0 saturated carbocycles. The summed E-state index contributed by atoms with van der Waals surface area (Å²) >= 11 is 0. The molecule has 1 aliphatic rings. The Morgan fingerprint density at radius 2 is 1.61 bits per heavy atom. The van der Waals surface area contributed by atoms with Gasteiger partial charge in [0.05, 0.1) is 19.7 Å². The zero-order chi connectivity index (χ0) is 33.1. The monoisotopic (exact) mass is 658 g/mol. The van der Waals surface area contributed by atoms with Crippen LogP contribution in [0.4, 0.5) is 0 Å². The molecule has 12 nitrogen and oxygen atoms in total. The maximum atomic E-state index is 13.6. The highest BCUT2D eigenvalue weighted by molar-refractivity contribution is 5.95. The molecule has 46 heavy (non-hydrogen) atoms. The zero-order valence-corrected chi connectivity index (χ0v) is 28.0. The third-order valence-electron chi connectivity index (χ3n) is 7.82. The Kier molecular flexibility index (Phi) is 15.0. The zero-order valence-electron chi connectivity index (χ0n) is 27.2. The quantitative estimate of drug-likeness (QED) is 0.329. The van der Waals surface area contributed by atoms with Crippen LogP contribution in [0.15, 0.2) is 54.6 Å². The fraction of sp³-hybridized carbons (Fsp3) is 0.485. The van der Waals surface area contributed by atoms with Gasteiger partial charge in [0.15, 0.2) is 0 Å². The van der Waals surface area contributed by atoms with Crippen LogP contribution in [0.1, 0.15) is 38.3 Å². The van der Waals surface area contributed by atoms with Gasteiger partial charge in [-0.2, -0.15) is 0 Å². The molecule has 252 valence electrons. The van der Waals surface area contributed by atoms with E-state index in [2.05, 4.69) is 16.0 Å². The van der Waals surface area contributed by atoms with Gasteiger partial charge in [0, 0.05) is 26.6 Å². The van der Waals surface area contributed by atoms with Gasteiger partial charge in [0.2, 0.25) is 29.5 Å². The van der Waals surface area contributed by atoms with Crippen molar-refractivity contribution in [3.63, 3.8) is 0 Å². The molecule has 3 rings (SSSR count). The lowest BCUT2D eigenvalue weighted by Gasteiger charge is -2.31. The second-order valence-corrected chi connectivity index (χ2v) is 11.8. The summed E-state index contributed by atoms with van der Waals surface area (Å²) in [4.78, 5) is 69.7. The first-order valence-corrected chi connectivity index (χ1v) is 15.2. The minimum absolute atomic E-state index is 0. The van der Waals surface area contributed by atoms with Crippen molar-refractivity contribution in [1.29, 1.82) is 0 Å². The molecule has 0 spiro atoms. The van der Waals surface area contributed by atoms with Gasteiger partial charge in [-0.15, -0.1) is 12.4 Å². The number of benzene rings is 2. The number of ether oxygens (including phenoxy) is 1. The highest BCUT2D eigenvalue weighted by Crippen LogP contribution is 2.14. The first-order valence-electron chi connectivity index (χ1n) is 15.2. The van der Waals surface area contributed by atoms with Gasteiger partial charge in [0.1, 0.15) is 23.9 Å². The first kappa shape index (κ1) is 38.0. The van der Waals surface area contributed by atoms with E-state index in [0.29, 0.717) is 12.2 Å². The van der Waals surface area contributed by atoms with E-state index in [4.69, 9.17) is 10.5 Å². The predicted octanol–water partition coefficient (Wildman–Crippen LogP) is 1.05. The lowest BCUT2D eigenvalue weighted by atomic mass is 10.0. The maximum Gasteiger partial charge on any atom is 0.245 e. The van der Waals surface area contributed by atoms with Crippen molar-refractivity contribution in [3.05, 3.63) is 65.7 Å². The molecule has 4 atom stereocenters. The fourth-order valence-corrected chi connectivity index (χ4v) is 5.11. The van der Waals surface area contributed by atoms with Crippen LogP contribution in [0, 0.1) is 5.92 Å². The highest BCUT2D eigenvalue weighted by Gasteiger charge is 2.33. The second kappa shape index (κ2) is 18.1. The van der Waals surface area contributed by atoms with Gasteiger partial charge in [-0.25, -0.2) is 0 Å². The van der Waals surface area contributed by atoms with Crippen LogP contribution in [0.25, 0.3) is 0 Å². The number of rotatable bonds is 8. The average molecular weight is 659 g/mol. The molecule has 5 N–H and O–H groups in total. The molecule has 1 aliphatic heterocycles. The SMILES string of the molecule is COc1ccc(C[C@H](N)C(=O)N2CCNC(=O)[C@H](Cc3ccccc3)NC(=O)[C@H](C)N(C)C(=O)[C@H](CC(C)C)NC(=O)C2)cc1.Cl. The van der Waals surface area contributed by atoms with Gasteiger partial charge < -0.3 is 36.2 Å². The number of nitrogens with zero attached hydrogens (tertiary/aromatic N) is 2. The van der Waals surface area contributed by atoms with Crippen molar-refractivity contribution in [3.8, 4) is 5.75 Å². The summed E-state index contributed by atoms with van der Waals surface area (Å²) in [5.41, 5.74) is 7.97. The largest absolute Gasteiger partial charge is 0.497 e. The second-order valence-electron chi connectivity index (χ2n) is 11.8. The fourth-order valence-electron chi connectivity index (χ4n) is 5.11. The summed E-state index contributed by atoms with van der Waals surface area (Å²) in [5.74, 6) is -1.73. The van der Waals surface area contributed by atoms with Crippen LogP contribution in [0.3, 0.4) is 0 Å². The maximum absolute atomic E-state index is 13.6. The summed E-state index contributed by atoms with van der Waals surface area (Å²) in [6.45, 7) is 5.05. The Labute approximate surface area is 277 Å². The number of nitrogens with one attached hydrogen (secondary N) is 3. The van der Waals surface area contributed by atoms with Crippen molar-refractivity contribution in [2.24, 2.45) is 11.7 Å². The van der Waals surface area contributed by atoms with Gasteiger partial charge in [-0.3, -0.25) is 24.0 Å². The molecule has 0 aromatic heterocycles. The molecule has 5 amide bonds. The summed E-state index contributed by atoms with van der Waals surface area (Å²) in [5, 5.41) is 8.37. The van der Waals surface area contributed by atoms with E-state index in [0.717, 1.165) is 11.1 Å². The Morgan fingerprint density at radius 1 is 0.957 bits per heavy atom. The summed E-state index contributed by atoms with van der Waals surface area (Å²) < 4.78 is 5.19. The molecule has 1 heterocycles. The van der Waals surface area contributed by atoms with E-state index in [1.807, 2.05) is 56.3 Å². The van der Waals surface area contributed by atoms with Crippen molar-refractivity contribution >= 4 is 41.9 Å². The van der Waals surface area contributed by atoms with Gasteiger partial charge in [-0.05, 0) is 48.9 Å². The van der Waals surface area contributed by atoms with Crippen molar-refractivity contribution in [2.75, 3.05) is 33.8 Å². The number of amides is 5. The van der Waals surface area contributed by atoms with Gasteiger partial charge in [0.25, 0.3) is 0 Å². The normalized spacial score (nSPS) is 20.8. The van der Waals surface area contributed by atoms with E-state index in [1.54, 1.807) is 26.2 Å². The van der Waals surface area contributed by atoms with Crippen LogP contribution < -0.4 is 26.4 Å².